The van der Waals surface area contributed by atoms with E-state index >= 15 is 0 Å². The van der Waals surface area contributed by atoms with Crippen LogP contribution in [0, 0.1) is 3.95 Å². The second-order valence-corrected chi connectivity index (χ2v) is 7.05. The standard InChI is InChI=1S/C14H17N3O3S2/c1-14(2,3)20-13(18)17(11-15-16-12(21)22-11)9-5-7-10(19-4)8-6-9/h5-8H,1-4H3,(H,16,21). The molecule has 1 heterocycles. The minimum absolute atomic E-state index is 0.421. The molecule has 0 unspecified atom stereocenters. The Hall–Kier alpha value is -1.93. The third-order valence-electron chi connectivity index (χ3n) is 2.52. The van der Waals surface area contributed by atoms with Crippen LogP contribution in [0.2, 0.25) is 0 Å². The highest BCUT2D eigenvalue weighted by atomic mass is 32.1. The quantitative estimate of drug-likeness (QED) is 0.845. The van der Waals surface area contributed by atoms with Gasteiger partial charge in [-0.3, -0.25) is 5.10 Å². The number of methoxy groups -OCH3 is 1. The molecule has 0 aliphatic heterocycles. The van der Waals surface area contributed by atoms with E-state index < -0.39 is 11.7 Å². The molecule has 0 atom stereocenters. The molecule has 0 aliphatic carbocycles. The first-order valence-electron chi connectivity index (χ1n) is 6.53. The Labute approximate surface area is 137 Å². The Morgan fingerprint density at radius 2 is 1.95 bits per heavy atom. The molecule has 0 bridgehead atoms. The topological polar surface area (TPSA) is 67.4 Å². The van der Waals surface area contributed by atoms with Crippen molar-refractivity contribution in [3.63, 3.8) is 0 Å². The Bertz CT molecular complexity index is 701. The van der Waals surface area contributed by atoms with Gasteiger partial charge < -0.3 is 9.47 Å². The van der Waals surface area contributed by atoms with Gasteiger partial charge in [0.1, 0.15) is 11.4 Å². The zero-order chi connectivity index (χ0) is 16.3. The van der Waals surface area contributed by atoms with Gasteiger partial charge in [0.05, 0.1) is 12.8 Å². The first-order valence-corrected chi connectivity index (χ1v) is 7.75. The molecule has 118 valence electrons. The average molecular weight is 339 g/mol. The Kier molecular flexibility index (Phi) is 4.82. The molecular weight excluding hydrogens is 322 g/mol. The summed E-state index contributed by atoms with van der Waals surface area (Å²) in [6, 6.07) is 7.04. The van der Waals surface area contributed by atoms with Crippen LogP contribution in [0.5, 0.6) is 5.75 Å². The predicted octanol–water partition coefficient (Wildman–Crippen LogP) is 4.28. The van der Waals surface area contributed by atoms with Crippen molar-refractivity contribution in [2.24, 2.45) is 0 Å². The maximum absolute atomic E-state index is 12.5. The number of nitrogens with one attached hydrogen (secondary N) is 1. The van der Waals surface area contributed by atoms with E-state index in [2.05, 4.69) is 10.2 Å². The lowest BCUT2D eigenvalue weighted by atomic mass is 10.2. The summed E-state index contributed by atoms with van der Waals surface area (Å²) in [5.41, 5.74) is 0.00680. The summed E-state index contributed by atoms with van der Waals surface area (Å²) in [4.78, 5) is 13.9. The summed E-state index contributed by atoms with van der Waals surface area (Å²) in [5.74, 6) is 0.697. The van der Waals surface area contributed by atoms with Crippen LogP contribution in [0.4, 0.5) is 15.6 Å². The molecule has 1 amide bonds. The van der Waals surface area contributed by atoms with E-state index in [1.165, 1.54) is 16.2 Å². The second kappa shape index (κ2) is 6.45. The number of aromatic nitrogens is 2. The zero-order valence-electron chi connectivity index (χ0n) is 12.7. The third-order valence-corrected chi connectivity index (χ3v) is 3.60. The first kappa shape index (κ1) is 16.4. The fourth-order valence-electron chi connectivity index (χ4n) is 1.65. The summed E-state index contributed by atoms with van der Waals surface area (Å²) in [5, 5.41) is 7.16. The van der Waals surface area contributed by atoms with Gasteiger partial charge in [0.25, 0.3) is 0 Å². The lowest BCUT2D eigenvalue weighted by Gasteiger charge is -2.25. The van der Waals surface area contributed by atoms with Gasteiger partial charge in [-0.05, 0) is 57.3 Å². The highest BCUT2D eigenvalue weighted by Gasteiger charge is 2.27. The van der Waals surface area contributed by atoms with Gasteiger partial charge in [-0.1, -0.05) is 11.3 Å². The van der Waals surface area contributed by atoms with Crippen LogP contribution in [0.1, 0.15) is 20.8 Å². The number of amides is 1. The minimum atomic E-state index is -0.612. The van der Waals surface area contributed by atoms with Gasteiger partial charge in [0.2, 0.25) is 5.13 Å². The molecule has 0 fully saturated rings. The van der Waals surface area contributed by atoms with Crippen LogP contribution in [0.25, 0.3) is 0 Å². The van der Waals surface area contributed by atoms with E-state index in [0.29, 0.717) is 20.5 Å². The third kappa shape index (κ3) is 4.05. The number of hydrogen-bond donors (Lipinski definition) is 1. The largest absolute Gasteiger partial charge is 0.497 e. The maximum atomic E-state index is 12.5. The number of rotatable bonds is 3. The molecule has 8 heteroatoms. The lowest BCUT2D eigenvalue weighted by Crippen LogP contribution is -2.33. The smallest absolute Gasteiger partial charge is 0.421 e. The molecule has 0 aliphatic rings. The molecule has 1 N–H and O–H groups in total. The highest BCUT2D eigenvalue weighted by Crippen LogP contribution is 2.30. The van der Waals surface area contributed by atoms with E-state index in [0.717, 1.165) is 0 Å². The van der Waals surface area contributed by atoms with Gasteiger partial charge in [0, 0.05) is 0 Å². The molecule has 0 spiro atoms. The van der Waals surface area contributed by atoms with Gasteiger partial charge in [0.15, 0.2) is 3.95 Å². The molecule has 6 nitrogen and oxygen atoms in total. The average Bonchev–Trinajstić information content (AvgIpc) is 2.84. The molecule has 2 rings (SSSR count). The number of H-pyrrole nitrogens is 1. The van der Waals surface area contributed by atoms with Crippen LogP contribution in [0.15, 0.2) is 24.3 Å². The van der Waals surface area contributed by atoms with Crippen LogP contribution in [-0.2, 0) is 4.74 Å². The fraction of sp³-hybridized carbons (Fsp3) is 0.357. The number of benzene rings is 1. The van der Waals surface area contributed by atoms with Gasteiger partial charge in [-0.15, -0.1) is 5.10 Å². The van der Waals surface area contributed by atoms with E-state index in [1.807, 2.05) is 20.8 Å². The summed E-state index contributed by atoms with van der Waals surface area (Å²) < 4.78 is 11.1. The van der Waals surface area contributed by atoms with Crippen molar-refractivity contribution in [1.82, 2.24) is 10.2 Å². The van der Waals surface area contributed by atoms with Crippen LogP contribution >= 0.6 is 23.6 Å². The second-order valence-electron chi connectivity index (χ2n) is 5.41. The monoisotopic (exact) mass is 339 g/mol. The summed E-state index contributed by atoms with van der Waals surface area (Å²) in [6.45, 7) is 5.43. The molecule has 22 heavy (non-hydrogen) atoms. The molecule has 1 aromatic carbocycles. The van der Waals surface area contributed by atoms with Crippen LogP contribution < -0.4 is 9.64 Å². The van der Waals surface area contributed by atoms with Crippen molar-refractivity contribution in [3.8, 4) is 5.75 Å². The van der Waals surface area contributed by atoms with Gasteiger partial charge in [-0.2, -0.15) is 0 Å². The van der Waals surface area contributed by atoms with Gasteiger partial charge >= 0.3 is 6.09 Å². The van der Waals surface area contributed by atoms with Crippen molar-refractivity contribution in [3.05, 3.63) is 28.2 Å². The number of nitrogens with zero attached hydrogens (tertiary/aromatic N) is 2. The molecule has 2 aromatic rings. The number of ether oxygens (including phenoxy) is 2. The van der Waals surface area contributed by atoms with E-state index in [4.69, 9.17) is 21.7 Å². The number of hydrogen-bond acceptors (Lipinski definition) is 6. The SMILES string of the molecule is COc1ccc(N(C(=O)OC(C)(C)C)c2n[nH]c(=S)s2)cc1. The van der Waals surface area contributed by atoms with Crippen molar-refractivity contribution >= 4 is 40.5 Å². The molecule has 1 aromatic heterocycles. The summed E-state index contributed by atoms with van der Waals surface area (Å²) in [6.07, 6.45) is -0.518. The number of anilines is 2. The van der Waals surface area contributed by atoms with E-state index in [1.54, 1.807) is 31.4 Å². The van der Waals surface area contributed by atoms with Crippen molar-refractivity contribution in [1.29, 1.82) is 0 Å². The Balaban J connectivity index is 2.40. The predicted molar refractivity (Wildman–Crippen MR) is 88.7 cm³/mol. The maximum Gasteiger partial charge on any atom is 0.421 e. The fourth-order valence-corrected chi connectivity index (χ4v) is 2.54. The first-order chi connectivity index (χ1) is 10.3. The van der Waals surface area contributed by atoms with E-state index in [9.17, 15) is 4.79 Å². The summed E-state index contributed by atoms with van der Waals surface area (Å²) >= 11 is 6.24. The number of carbonyl (C=O) groups is 1. The van der Waals surface area contributed by atoms with Crippen LogP contribution in [0.3, 0.4) is 0 Å². The van der Waals surface area contributed by atoms with Crippen molar-refractivity contribution in [2.45, 2.75) is 26.4 Å². The Morgan fingerprint density at radius 1 is 1.32 bits per heavy atom. The molecule has 0 saturated heterocycles. The lowest BCUT2D eigenvalue weighted by molar-refractivity contribution is 0.0599. The normalized spacial score (nSPS) is 11.1. The molecular formula is C14H17N3O3S2. The summed E-state index contributed by atoms with van der Waals surface area (Å²) in [7, 11) is 1.58. The number of carbonyl (C=O) groups excluding carboxylic acids is 1. The van der Waals surface area contributed by atoms with Gasteiger partial charge in [-0.25, -0.2) is 9.69 Å². The molecule has 0 radical (unpaired) electrons. The van der Waals surface area contributed by atoms with Crippen LogP contribution in [-0.4, -0.2) is 29.0 Å². The van der Waals surface area contributed by atoms with Crippen molar-refractivity contribution in [2.75, 3.05) is 12.0 Å². The number of aromatic amines is 1. The minimum Gasteiger partial charge on any atom is -0.497 e. The van der Waals surface area contributed by atoms with Crippen molar-refractivity contribution < 1.29 is 14.3 Å². The molecule has 0 saturated carbocycles. The Morgan fingerprint density at radius 3 is 2.41 bits per heavy atom. The zero-order valence-corrected chi connectivity index (χ0v) is 14.4. The highest BCUT2D eigenvalue weighted by molar-refractivity contribution is 7.73. The van der Waals surface area contributed by atoms with E-state index in [-0.39, 0.29) is 0 Å².